The summed E-state index contributed by atoms with van der Waals surface area (Å²) >= 11 is 0. The van der Waals surface area contributed by atoms with Crippen molar-refractivity contribution >= 4 is 16.2 Å². The van der Waals surface area contributed by atoms with E-state index >= 15 is 0 Å². The summed E-state index contributed by atoms with van der Waals surface area (Å²) in [6, 6.07) is -1.04. The second-order valence-electron chi connectivity index (χ2n) is 4.42. The zero-order valence-corrected chi connectivity index (χ0v) is 11.6. The van der Waals surface area contributed by atoms with Crippen molar-refractivity contribution in [2.45, 2.75) is 31.4 Å². The van der Waals surface area contributed by atoms with Crippen LogP contribution in [0.15, 0.2) is 0 Å². The molecule has 0 aromatic rings. The Hall–Kier alpha value is -0.740. The molecule has 8 nitrogen and oxygen atoms in total. The minimum atomic E-state index is -3.90. The Morgan fingerprint density at radius 2 is 2.21 bits per heavy atom. The molecule has 0 aliphatic carbocycles. The lowest BCUT2D eigenvalue weighted by Gasteiger charge is -2.32. The van der Waals surface area contributed by atoms with Crippen LogP contribution in [0.3, 0.4) is 0 Å². The molecule has 0 saturated carbocycles. The van der Waals surface area contributed by atoms with Gasteiger partial charge >= 0.3 is 5.97 Å². The first-order chi connectivity index (χ1) is 8.88. The fraction of sp³-hybridized carbons (Fsp3) is 0.900. The first-order valence-corrected chi connectivity index (χ1v) is 7.48. The summed E-state index contributed by atoms with van der Waals surface area (Å²) in [4.78, 5) is 11.0. The number of rotatable bonds is 7. The number of carboxylic acids is 1. The van der Waals surface area contributed by atoms with Crippen LogP contribution in [0.1, 0.15) is 19.3 Å². The molecule has 9 heteroatoms. The van der Waals surface area contributed by atoms with E-state index in [-0.39, 0.29) is 19.7 Å². The van der Waals surface area contributed by atoms with Crippen molar-refractivity contribution in [3.63, 3.8) is 0 Å². The normalized spacial score (nSPS) is 23.2. The molecule has 19 heavy (non-hydrogen) atoms. The number of piperidine rings is 1. The molecule has 0 spiro atoms. The first-order valence-electron chi connectivity index (χ1n) is 6.04. The lowest BCUT2D eigenvalue weighted by atomic mass is 10.1. The number of hydrogen-bond donors (Lipinski definition) is 3. The van der Waals surface area contributed by atoms with E-state index in [1.54, 1.807) is 0 Å². The molecule has 1 rings (SSSR count). The maximum atomic E-state index is 12.0. The highest BCUT2D eigenvalue weighted by Crippen LogP contribution is 2.19. The second-order valence-corrected chi connectivity index (χ2v) is 6.13. The fourth-order valence-electron chi connectivity index (χ4n) is 1.98. The van der Waals surface area contributed by atoms with Gasteiger partial charge in [0.2, 0.25) is 0 Å². The summed E-state index contributed by atoms with van der Waals surface area (Å²) in [5.41, 5.74) is 0. The third-order valence-corrected chi connectivity index (χ3v) is 4.49. The van der Waals surface area contributed by atoms with E-state index in [4.69, 9.17) is 5.11 Å². The Morgan fingerprint density at radius 1 is 1.53 bits per heavy atom. The van der Waals surface area contributed by atoms with E-state index in [9.17, 15) is 18.3 Å². The standard InChI is InChI=1S/C10H20N2O6S/c1-18-7-8(13)6-11-19(16,17)12-5-3-2-4-9(12)10(14)15/h8-9,11,13H,2-7H2,1H3,(H,14,15). The zero-order chi connectivity index (χ0) is 14.5. The number of nitrogens with zero attached hydrogens (tertiary/aromatic N) is 1. The summed E-state index contributed by atoms with van der Waals surface area (Å²) in [6.45, 7) is -0.0312. The van der Waals surface area contributed by atoms with E-state index in [1.807, 2.05) is 0 Å². The average molecular weight is 296 g/mol. The largest absolute Gasteiger partial charge is 0.480 e. The predicted octanol–water partition coefficient (Wildman–Crippen LogP) is -1.23. The lowest BCUT2D eigenvalue weighted by molar-refractivity contribution is -0.142. The first kappa shape index (κ1) is 16.3. The molecule has 1 aliphatic rings. The molecule has 2 atom stereocenters. The highest BCUT2D eigenvalue weighted by Gasteiger charge is 2.36. The van der Waals surface area contributed by atoms with E-state index < -0.39 is 28.3 Å². The number of carboxylic acid groups (broad SMARTS) is 1. The molecule has 1 heterocycles. The topological polar surface area (TPSA) is 116 Å². The SMILES string of the molecule is COCC(O)CNS(=O)(=O)N1CCCCC1C(=O)O. The molecule has 1 aliphatic heterocycles. The van der Waals surface area contributed by atoms with Crippen LogP contribution in [-0.2, 0) is 19.7 Å². The van der Waals surface area contributed by atoms with Crippen LogP contribution >= 0.6 is 0 Å². The van der Waals surface area contributed by atoms with Gasteiger partial charge in [-0.1, -0.05) is 0 Å². The summed E-state index contributed by atoms with van der Waals surface area (Å²) in [7, 11) is -2.51. The van der Waals surface area contributed by atoms with Crippen LogP contribution in [0.2, 0.25) is 0 Å². The van der Waals surface area contributed by atoms with Gasteiger partial charge in [-0.25, -0.2) is 0 Å². The van der Waals surface area contributed by atoms with Crippen LogP contribution in [0.4, 0.5) is 0 Å². The minimum Gasteiger partial charge on any atom is -0.480 e. The highest BCUT2D eigenvalue weighted by atomic mass is 32.2. The molecule has 2 unspecified atom stereocenters. The van der Waals surface area contributed by atoms with Gasteiger partial charge in [0.15, 0.2) is 0 Å². The minimum absolute atomic E-state index is 0.00484. The number of methoxy groups -OCH3 is 1. The van der Waals surface area contributed by atoms with Gasteiger partial charge in [0.1, 0.15) is 6.04 Å². The average Bonchev–Trinajstić information content (AvgIpc) is 2.37. The molecule has 0 amide bonds. The van der Waals surface area contributed by atoms with Crippen LogP contribution in [-0.4, -0.2) is 67.9 Å². The van der Waals surface area contributed by atoms with Crippen LogP contribution in [0.5, 0.6) is 0 Å². The molecular weight excluding hydrogens is 276 g/mol. The van der Waals surface area contributed by atoms with Gasteiger partial charge < -0.3 is 14.9 Å². The van der Waals surface area contributed by atoms with Gasteiger partial charge in [0.05, 0.1) is 12.7 Å². The third-order valence-electron chi connectivity index (χ3n) is 2.91. The van der Waals surface area contributed by atoms with Crippen LogP contribution in [0, 0.1) is 0 Å². The van der Waals surface area contributed by atoms with Gasteiger partial charge in [0, 0.05) is 20.2 Å². The Kier molecular flexibility index (Phi) is 6.14. The number of hydrogen-bond acceptors (Lipinski definition) is 5. The van der Waals surface area contributed by atoms with Crippen molar-refractivity contribution in [1.82, 2.24) is 9.03 Å². The van der Waals surface area contributed by atoms with Crippen LogP contribution in [0.25, 0.3) is 0 Å². The maximum absolute atomic E-state index is 12.0. The van der Waals surface area contributed by atoms with Crippen molar-refractivity contribution in [1.29, 1.82) is 0 Å². The third kappa shape index (κ3) is 4.69. The fourth-order valence-corrected chi connectivity index (χ4v) is 3.44. The number of nitrogens with one attached hydrogen (secondary N) is 1. The summed E-state index contributed by atoms with van der Waals surface area (Å²) in [5, 5.41) is 18.4. The quantitative estimate of drug-likeness (QED) is 0.541. The van der Waals surface area contributed by atoms with Gasteiger partial charge in [-0.3, -0.25) is 4.79 Å². The second kappa shape index (κ2) is 7.15. The molecule has 3 N–H and O–H groups in total. The molecule has 0 radical (unpaired) electrons. The lowest BCUT2D eigenvalue weighted by Crippen LogP contribution is -2.53. The van der Waals surface area contributed by atoms with E-state index in [0.717, 1.165) is 4.31 Å². The van der Waals surface area contributed by atoms with E-state index in [0.29, 0.717) is 19.3 Å². The summed E-state index contributed by atoms with van der Waals surface area (Å²) < 4.78 is 31.8. The van der Waals surface area contributed by atoms with Gasteiger partial charge in [0.25, 0.3) is 10.2 Å². The van der Waals surface area contributed by atoms with Crippen molar-refractivity contribution in [3.05, 3.63) is 0 Å². The van der Waals surface area contributed by atoms with Crippen LogP contribution < -0.4 is 4.72 Å². The molecule has 0 aromatic heterocycles. The molecule has 0 bridgehead atoms. The molecule has 1 saturated heterocycles. The summed E-state index contributed by atoms with van der Waals surface area (Å²) in [6.07, 6.45) is 0.658. The Labute approximate surface area is 112 Å². The van der Waals surface area contributed by atoms with Crippen molar-refractivity contribution in [2.24, 2.45) is 0 Å². The summed E-state index contributed by atoms with van der Waals surface area (Å²) in [5.74, 6) is -1.15. The predicted molar refractivity (Wildman–Crippen MR) is 66.8 cm³/mol. The Bertz CT molecular complexity index is 399. The van der Waals surface area contributed by atoms with Crippen molar-refractivity contribution in [2.75, 3.05) is 26.8 Å². The van der Waals surface area contributed by atoms with Crippen molar-refractivity contribution in [3.8, 4) is 0 Å². The number of aliphatic carboxylic acids is 1. The smallest absolute Gasteiger partial charge is 0.322 e. The van der Waals surface area contributed by atoms with E-state index in [2.05, 4.69) is 9.46 Å². The van der Waals surface area contributed by atoms with Gasteiger partial charge in [-0.05, 0) is 19.3 Å². The monoisotopic (exact) mass is 296 g/mol. The Morgan fingerprint density at radius 3 is 2.79 bits per heavy atom. The Balaban J connectivity index is 2.66. The van der Waals surface area contributed by atoms with E-state index in [1.165, 1.54) is 7.11 Å². The maximum Gasteiger partial charge on any atom is 0.322 e. The zero-order valence-electron chi connectivity index (χ0n) is 10.8. The molecule has 0 aromatic carbocycles. The number of aliphatic hydroxyl groups is 1. The van der Waals surface area contributed by atoms with Gasteiger partial charge in [-0.2, -0.15) is 17.4 Å². The molecule has 1 fully saturated rings. The number of aliphatic hydroxyl groups excluding tert-OH is 1. The molecule has 112 valence electrons. The number of carbonyl (C=O) groups is 1. The highest BCUT2D eigenvalue weighted by molar-refractivity contribution is 7.87. The van der Waals surface area contributed by atoms with Crippen molar-refractivity contribution < 1.29 is 28.2 Å². The van der Waals surface area contributed by atoms with Gasteiger partial charge in [-0.15, -0.1) is 0 Å². The number of ether oxygens (including phenoxy) is 1. The molecular formula is C10H20N2O6S.